The average Bonchev–Trinajstić information content (AvgIpc) is 3.45. The average molecular weight is 468 g/mol. The predicted octanol–water partition coefficient (Wildman–Crippen LogP) is 3.98. The smallest absolute Gasteiger partial charge is 0.309 e. The third-order valence-electron chi connectivity index (χ3n) is 6.35. The van der Waals surface area contributed by atoms with E-state index in [2.05, 4.69) is 20.3 Å². The van der Waals surface area contributed by atoms with Crippen molar-refractivity contribution < 1.29 is 18.7 Å². The van der Waals surface area contributed by atoms with Gasteiger partial charge in [0.25, 0.3) is 0 Å². The Balaban J connectivity index is 1.76. The number of hydrogen-bond donors (Lipinski definition) is 0. The van der Waals surface area contributed by atoms with Crippen molar-refractivity contribution in [1.82, 2.24) is 20.2 Å². The van der Waals surface area contributed by atoms with E-state index in [-0.39, 0.29) is 35.8 Å². The Bertz CT molecular complexity index is 1150. The summed E-state index contributed by atoms with van der Waals surface area (Å²) in [5.41, 5.74) is 2.58. The van der Waals surface area contributed by atoms with Gasteiger partial charge in [0.05, 0.1) is 31.9 Å². The molecule has 3 aromatic rings. The number of benzene rings is 2. The van der Waals surface area contributed by atoms with Crippen LogP contribution in [0.4, 0.5) is 10.1 Å². The number of methoxy groups -OCH3 is 1. The first-order valence-electron chi connectivity index (χ1n) is 11.4. The molecule has 180 valence electrons. The molecule has 0 saturated heterocycles. The Labute approximate surface area is 198 Å². The third kappa shape index (κ3) is 4.73. The van der Waals surface area contributed by atoms with E-state index >= 15 is 0 Å². The summed E-state index contributed by atoms with van der Waals surface area (Å²) in [5, 5.41) is 12.4. The largest absolute Gasteiger partial charge is 0.489 e. The summed E-state index contributed by atoms with van der Waals surface area (Å²) in [6, 6.07) is 12.2. The van der Waals surface area contributed by atoms with Crippen LogP contribution in [-0.2, 0) is 16.6 Å². The molecule has 34 heavy (non-hydrogen) atoms. The molecule has 0 radical (unpaired) electrons. The lowest BCUT2D eigenvalue weighted by molar-refractivity contribution is -0.145. The van der Waals surface area contributed by atoms with Crippen LogP contribution in [-0.4, -0.2) is 52.5 Å². The molecule has 2 aromatic carbocycles. The maximum atomic E-state index is 13.7. The predicted molar refractivity (Wildman–Crippen MR) is 126 cm³/mol. The van der Waals surface area contributed by atoms with Crippen molar-refractivity contribution in [3.05, 3.63) is 53.8 Å². The summed E-state index contributed by atoms with van der Waals surface area (Å²) < 4.78 is 24.9. The molecular weight excluding hydrogens is 437 g/mol. The normalized spacial score (nSPS) is 19.9. The fraction of sp³-hybridized carbons (Fsp3) is 0.440. The van der Waals surface area contributed by atoms with Crippen LogP contribution >= 0.6 is 0 Å². The first kappa shape index (κ1) is 23.7. The van der Waals surface area contributed by atoms with Crippen molar-refractivity contribution in [2.75, 3.05) is 19.1 Å². The van der Waals surface area contributed by atoms with Crippen molar-refractivity contribution >= 4 is 11.7 Å². The van der Waals surface area contributed by atoms with Gasteiger partial charge in [0, 0.05) is 24.6 Å². The van der Waals surface area contributed by atoms with Crippen molar-refractivity contribution in [1.29, 1.82) is 0 Å². The van der Waals surface area contributed by atoms with Gasteiger partial charge in [-0.05, 0) is 67.8 Å². The van der Waals surface area contributed by atoms with E-state index in [4.69, 9.17) is 9.47 Å². The molecule has 9 heteroatoms. The van der Waals surface area contributed by atoms with Gasteiger partial charge in [-0.25, -0.2) is 4.39 Å². The number of rotatable bonds is 7. The van der Waals surface area contributed by atoms with Gasteiger partial charge in [0.1, 0.15) is 11.6 Å². The Kier molecular flexibility index (Phi) is 6.81. The quantitative estimate of drug-likeness (QED) is 0.486. The summed E-state index contributed by atoms with van der Waals surface area (Å²) in [6.45, 7) is 3.96. The van der Waals surface area contributed by atoms with Crippen molar-refractivity contribution in [3.63, 3.8) is 0 Å². The van der Waals surface area contributed by atoms with Crippen LogP contribution in [0.25, 0.3) is 11.4 Å². The number of aromatic nitrogens is 4. The molecule has 0 bridgehead atoms. The lowest BCUT2D eigenvalue weighted by Crippen LogP contribution is -2.37. The highest BCUT2D eigenvalue weighted by Gasteiger charge is 2.44. The molecule has 3 atom stereocenters. The van der Waals surface area contributed by atoms with Gasteiger partial charge in [0.2, 0.25) is 5.82 Å². The van der Waals surface area contributed by atoms with Crippen LogP contribution in [0.1, 0.15) is 38.2 Å². The number of halogens is 1. The number of carbonyl (C=O) groups is 1. The van der Waals surface area contributed by atoms with E-state index in [1.165, 1.54) is 24.0 Å². The van der Waals surface area contributed by atoms with E-state index < -0.39 is 0 Å². The monoisotopic (exact) mass is 467 g/mol. The second-order valence-corrected chi connectivity index (χ2v) is 8.91. The number of tetrazole rings is 1. The van der Waals surface area contributed by atoms with Crippen LogP contribution in [0, 0.1) is 11.7 Å². The molecule has 8 nitrogen and oxygen atoms in total. The van der Waals surface area contributed by atoms with Crippen molar-refractivity contribution in [3.8, 4) is 17.1 Å². The van der Waals surface area contributed by atoms with Gasteiger partial charge in [-0.15, -0.1) is 10.2 Å². The lowest BCUT2D eigenvalue weighted by Gasteiger charge is -2.34. The van der Waals surface area contributed by atoms with Crippen LogP contribution in [0.15, 0.2) is 42.5 Å². The number of esters is 1. The van der Waals surface area contributed by atoms with E-state index in [0.717, 1.165) is 29.0 Å². The molecule has 0 aliphatic heterocycles. The first-order valence-corrected chi connectivity index (χ1v) is 11.4. The van der Waals surface area contributed by atoms with Crippen LogP contribution < -0.4 is 9.64 Å². The van der Waals surface area contributed by atoms with Gasteiger partial charge in [-0.3, -0.25) is 4.79 Å². The van der Waals surface area contributed by atoms with Gasteiger partial charge >= 0.3 is 5.97 Å². The highest BCUT2D eigenvalue weighted by molar-refractivity contribution is 5.75. The van der Waals surface area contributed by atoms with E-state index in [0.29, 0.717) is 12.2 Å². The van der Waals surface area contributed by atoms with Crippen molar-refractivity contribution in [2.45, 2.75) is 44.8 Å². The van der Waals surface area contributed by atoms with Gasteiger partial charge in [0.15, 0.2) is 0 Å². The molecule has 0 N–H and O–H groups in total. The molecule has 1 fully saturated rings. The van der Waals surface area contributed by atoms with E-state index in [1.807, 2.05) is 39.1 Å². The molecule has 1 saturated carbocycles. The van der Waals surface area contributed by atoms with Gasteiger partial charge in [-0.2, -0.15) is 4.80 Å². The minimum absolute atomic E-state index is 0.0214. The molecule has 0 amide bonds. The van der Waals surface area contributed by atoms with Gasteiger partial charge < -0.3 is 14.4 Å². The minimum atomic E-state index is -0.317. The number of carbonyl (C=O) groups excluding carboxylic acids is 1. The SMILES string of the molecule is COC(=O)[C@H]1CC[C@H](N(C)c2cc(-c3nnn(C)n3)ccc2OC(C)C)[C@@H]1c1ccc(F)cc1. The maximum absolute atomic E-state index is 13.7. The number of nitrogens with zero attached hydrogens (tertiary/aromatic N) is 5. The topological polar surface area (TPSA) is 82.4 Å². The summed E-state index contributed by atoms with van der Waals surface area (Å²) in [4.78, 5) is 16.2. The molecule has 4 rings (SSSR count). The maximum Gasteiger partial charge on any atom is 0.309 e. The van der Waals surface area contributed by atoms with Crippen LogP contribution in [0.3, 0.4) is 0 Å². The summed E-state index contributed by atoms with van der Waals surface area (Å²) in [6.07, 6.45) is 1.43. The van der Waals surface area contributed by atoms with Crippen molar-refractivity contribution in [2.24, 2.45) is 13.0 Å². The minimum Gasteiger partial charge on any atom is -0.489 e. The summed E-state index contributed by atoms with van der Waals surface area (Å²) in [7, 11) is 5.13. The summed E-state index contributed by atoms with van der Waals surface area (Å²) in [5.74, 6) is 0.205. The highest BCUT2D eigenvalue weighted by atomic mass is 19.1. The first-order chi connectivity index (χ1) is 16.3. The zero-order valence-corrected chi connectivity index (χ0v) is 20.1. The van der Waals surface area contributed by atoms with Gasteiger partial charge in [-0.1, -0.05) is 12.1 Å². The fourth-order valence-corrected chi connectivity index (χ4v) is 4.83. The Morgan fingerprint density at radius 1 is 1.18 bits per heavy atom. The third-order valence-corrected chi connectivity index (χ3v) is 6.35. The standard InChI is InChI=1S/C25H30FN5O3/c1-15(2)34-22-13-8-17(24-27-29-31(4)28-24)14-21(22)30(3)20-12-11-19(25(32)33-5)23(20)16-6-9-18(26)10-7-16/h6-10,13-15,19-20,23H,11-12H2,1-5H3/t19-,20-,23+/m0/s1. The second-order valence-electron chi connectivity index (χ2n) is 8.91. The fourth-order valence-electron chi connectivity index (χ4n) is 4.83. The van der Waals surface area contributed by atoms with E-state index in [1.54, 1.807) is 19.2 Å². The molecule has 1 aromatic heterocycles. The lowest BCUT2D eigenvalue weighted by atomic mass is 9.85. The number of anilines is 1. The zero-order valence-electron chi connectivity index (χ0n) is 20.1. The molecule has 1 aliphatic rings. The summed E-state index contributed by atoms with van der Waals surface area (Å²) >= 11 is 0. The van der Waals surface area contributed by atoms with Crippen LogP contribution in [0.2, 0.25) is 0 Å². The number of likely N-dealkylation sites (N-methyl/N-ethyl adjacent to an activating group) is 1. The Morgan fingerprint density at radius 2 is 1.91 bits per heavy atom. The zero-order chi connectivity index (χ0) is 24.4. The Morgan fingerprint density at radius 3 is 2.53 bits per heavy atom. The number of ether oxygens (including phenoxy) is 2. The number of hydrogen-bond acceptors (Lipinski definition) is 7. The number of aryl methyl sites for hydroxylation is 1. The molecule has 0 unspecified atom stereocenters. The van der Waals surface area contributed by atoms with E-state index in [9.17, 15) is 9.18 Å². The molecule has 0 spiro atoms. The van der Waals surface area contributed by atoms with Crippen LogP contribution in [0.5, 0.6) is 5.75 Å². The molecular formula is C25H30FN5O3. The second kappa shape index (κ2) is 9.79. The highest BCUT2D eigenvalue weighted by Crippen LogP contribution is 2.46. The Hall–Kier alpha value is -3.49. The molecule has 1 aliphatic carbocycles. The molecule has 1 heterocycles.